The Kier molecular flexibility index (Phi) is 4.60. The van der Waals surface area contributed by atoms with Crippen LogP contribution in [0, 0.1) is 5.92 Å². The highest BCUT2D eigenvalue weighted by atomic mass is 32.1. The summed E-state index contributed by atoms with van der Waals surface area (Å²) in [6.07, 6.45) is 3.68. The molecule has 0 aromatic carbocycles. The number of hydrogen-bond acceptors (Lipinski definition) is 6. The molecular weight excluding hydrogens is 264 g/mol. The Morgan fingerprint density at radius 3 is 3.05 bits per heavy atom. The van der Waals surface area contributed by atoms with Crippen LogP contribution in [0.25, 0.3) is 0 Å². The largest absolute Gasteiger partial charge is 0.393 e. The van der Waals surface area contributed by atoms with E-state index >= 15 is 0 Å². The van der Waals surface area contributed by atoms with Gasteiger partial charge < -0.3 is 21.5 Å². The fraction of sp³-hybridized carbons (Fsp3) is 0.667. The summed E-state index contributed by atoms with van der Waals surface area (Å²) in [6, 6.07) is 0. The van der Waals surface area contributed by atoms with E-state index in [9.17, 15) is 9.90 Å². The van der Waals surface area contributed by atoms with Crippen molar-refractivity contribution in [3.8, 4) is 0 Å². The molecule has 1 amide bonds. The molecule has 0 bridgehead atoms. The van der Waals surface area contributed by atoms with E-state index < -0.39 is 0 Å². The summed E-state index contributed by atoms with van der Waals surface area (Å²) in [6.45, 7) is 0.739. The zero-order valence-electron chi connectivity index (χ0n) is 11.0. The molecule has 7 heteroatoms. The van der Waals surface area contributed by atoms with Crippen molar-refractivity contribution in [2.24, 2.45) is 5.92 Å². The zero-order chi connectivity index (χ0) is 13.8. The third kappa shape index (κ3) is 3.36. The first-order valence-corrected chi connectivity index (χ1v) is 7.28. The maximum atomic E-state index is 11.7. The average Bonchev–Trinajstić information content (AvgIpc) is 2.77. The summed E-state index contributed by atoms with van der Waals surface area (Å²) in [7, 11) is 1.57. The van der Waals surface area contributed by atoms with Crippen molar-refractivity contribution in [1.29, 1.82) is 0 Å². The number of carbonyl (C=O) groups is 1. The van der Waals surface area contributed by atoms with Crippen LogP contribution >= 0.6 is 11.5 Å². The zero-order valence-corrected chi connectivity index (χ0v) is 11.8. The van der Waals surface area contributed by atoms with Gasteiger partial charge in [0.2, 0.25) is 0 Å². The smallest absolute Gasteiger partial charge is 0.257 e. The molecule has 0 saturated heterocycles. The highest BCUT2D eigenvalue weighted by Crippen LogP contribution is 2.29. The Bertz CT molecular complexity index is 449. The molecule has 19 heavy (non-hydrogen) atoms. The van der Waals surface area contributed by atoms with Crippen molar-refractivity contribution in [1.82, 2.24) is 9.69 Å². The Morgan fingerprint density at radius 2 is 2.37 bits per heavy atom. The van der Waals surface area contributed by atoms with E-state index in [-0.39, 0.29) is 17.8 Å². The van der Waals surface area contributed by atoms with Crippen LogP contribution in [0.2, 0.25) is 0 Å². The highest BCUT2D eigenvalue weighted by Gasteiger charge is 2.22. The van der Waals surface area contributed by atoms with Crippen LogP contribution in [-0.4, -0.2) is 35.1 Å². The number of nitrogen functional groups attached to an aromatic ring is 1. The first-order valence-electron chi connectivity index (χ1n) is 6.51. The topological polar surface area (TPSA) is 100 Å². The quantitative estimate of drug-likeness (QED) is 0.662. The van der Waals surface area contributed by atoms with E-state index in [1.165, 1.54) is 11.5 Å². The first-order chi connectivity index (χ1) is 9.11. The van der Waals surface area contributed by atoms with Crippen molar-refractivity contribution >= 4 is 28.3 Å². The van der Waals surface area contributed by atoms with E-state index in [2.05, 4.69) is 15.0 Å². The van der Waals surface area contributed by atoms with Crippen LogP contribution < -0.4 is 16.4 Å². The van der Waals surface area contributed by atoms with E-state index in [4.69, 9.17) is 5.73 Å². The summed E-state index contributed by atoms with van der Waals surface area (Å²) >= 11 is 1.20. The Balaban J connectivity index is 1.97. The monoisotopic (exact) mass is 284 g/mol. The number of hydrogen-bond donors (Lipinski definition) is 4. The van der Waals surface area contributed by atoms with Gasteiger partial charge >= 0.3 is 0 Å². The second-order valence-electron chi connectivity index (χ2n) is 4.92. The SMILES string of the molecule is CNC(=O)c1c(N)nsc1NCC1CCCC(O)C1. The Hall–Kier alpha value is -1.34. The minimum atomic E-state index is -0.225. The minimum Gasteiger partial charge on any atom is -0.393 e. The number of aromatic nitrogens is 1. The number of aliphatic hydroxyl groups is 1. The van der Waals surface area contributed by atoms with Crippen LogP contribution in [0.3, 0.4) is 0 Å². The van der Waals surface area contributed by atoms with Gasteiger partial charge in [-0.15, -0.1) is 0 Å². The number of carbonyl (C=O) groups excluding carboxylic acids is 1. The van der Waals surface area contributed by atoms with Crippen molar-refractivity contribution in [3.63, 3.8) is 0 Å². The normalized spacial score (nSPS) is 23.1. The van der Waals surface area contributed by atoms with E-state index in [0.29, 0.717) is 16.5 Å². The third-order valence-electron chi connectivity index (χ3n) is 3.48. The third-order valence-corrected chi connectivity index (χ3v) is 4.30. The molecule has 5 N–H and O–H groups in total. The highest BCUT2D eigenvalue weighted by molar-refractivity contribution is 7.11. The number of rotatable bonds is 4. The predicted molar refractivity (Wildman–Crippen MR) is 76.4 cm³/mol. The molecule has 1 saturated carbocycles. The van der Waals surface area contributed by atoms with Crippen LogP contribution in [0.15, 0.2) is 0 Å². The van der Waals surface area contributed by atoms with Gasteiger partial charge in [-0.25, -0.2) is 0 Å². The molecule has 1 aromatic rings. The van der Waals surface area contributed by atoms with Gasteiger partial charge in [-0.1, -0.05) is 6.42 Å². The van der Waals surface area contributed by atoms with Gasteiger partial charge in [0.25, 0.3) is 5.91 Å². The van der Waals surface area contributed by atoms with E-state index in [1.807, 2.05) is 0 Å². The summed E-state index contributed by atoms with van der Waals surface area (Å²) in [5.74, 6) is 0.470. The molecule has 0 aliphatic heterocycles. The lowest BCUT2D eigenvalue weighted by Gasteiger charge is -2.26. The fourth-order valence-electron chi connectivity index (χ4n) is 2.45. The number of aliphatic hydroxyl groups excluding tert-OH is 1. The predicted octanol–water partition coefficient (Wildman–Crippen LogP) is 1.05. The second-order valence-corrected chi connectivity index (χ2v) is 5.69. The van der Waals surface area contributed by atoms with Crippen LogP contribution in [0.4, 0.5) is 10.8 Å². The van der Waals surface area contributed by atoms with Crippen molar-refractivity contribution in [2.75, 3.05) is 24.6 Å². The average molecular weight is 284 g/mol. The summed E-state index contributed by atoms with van der Waals surface area (Å²) in [5.41, 5.74) is 6.13. The first kappa shape index (κ1) is 14.1. The molecule has 2 atom stereocenters. The van der Waals surface area contributed by atoms with E-state index in [1.54, 1.807) is 7.05 Å². The number of amides is 1. The standard InChI is InChI=1S/C12H20N4O2S/c1-14-11(18)9-10(13)16-19-12(9)15-6-7-3-2-4-8(17)5-7/h7-8,15,17H,2-6H2,1H3,(H2,13,16)(H,14,18). The lowest BCUT2D eigenvalue weighted by Crippen LogP contribution is -2.26. The summed E-state index contributed by atoms with van der Waals surface area (Å²) < 4.78 is 4.01. The van der Waals surface area contributed by atoms with Crippen molar-refractivity contribution in [2.45, 2.75) is 31.8 Å². The summed E-state index contributed by atoms with van der Waals surface area (Å²) in [4.78, 5) is 11.7. The van der Waals surface area contributed by atoms with Gasteiger partial charge in [0.15, 0.2) is 5.82 Å². The van der Waals surface area contributed by atoms with Crippen LogP contribution in [-0.2, 0) is 0 Å². The second kappa shape index (κ2) is 6.21. The van der Waals surface area contributed by atoms with Gasteiger partial charge in [-0.3, -0.25) is 4.79 Å². The molecule has 6 nitrogen and oxygen atoms in total. The maximum Gasteiger partial charge on any atom is 0.257 e. The molecule has 1 aromatic heterocycles. The molecule has 1 aliphatic carbocycles. The minimum absolute atomic E-state index is 0.189. The number of nitrogens with two attached hydrogens (primary N) is 1. The lowest BCUT2D eigenvalue weighted by molar-refractivity contribution is 0.0963. The van der Waals surface area contributed by atoms with Gasteiger partial charge in [0, 0.05) is 13.6 Å². The van der Waals surface area contributed by atoms with E-state index in [0.717, 1.165) is 32.2 Å². The fourth-order valence-corrected chi connectivity index (χ4v) is 3.17. The van der Waals surface area contributed by atoms with Crippen LogP contribution in [0.1, 0.15) is 36.0 Å². The summed E-state index contributed by atoms with van der Waals surface area (Å²) in [5, 5.41) is 16.2. The molecule has 1 aliphatic rings. The van der Waals surface area contributed by atoms with Gasteiger partial charge in [0.1, 0.15) is 10.6 Å². The molecular formula is C12H20N4O2S. The van der Waals surface area contributed by atoms with Gasteiger partial charge in [-0.05, 0) is 36.7 Å². The Morgan fingerprint density at radius 1 is 1.58 bits per heavy atom. The number of anilines is 2. The molecule has 0 radical (unpaired) electrons. The van der Waals surface area contributed by atoms with Crippen molar-refractivity contribution < 1.29 is 9.90 Å². The number of nitrogens with one attached hydrogen (secondary N) is 2. The van der Waals surface area contributed by atoms with Crippen LogP contribution in [0.5, 0.6) is 0 Å². The molecule has 106 valence electrons. The molecule has 2 rings (SSSR count). The number of nitrogens with zero attached hydrogens (tertiary/aromatic N) is 1. The van der Waals surface area contributed by atoms with Gasteiger partial charge in [-0.2, -0.15) is 4.37 Å². The molecule has 0 spiro atoms. The Labute approximate surface area is 116 Å². The molecule has 1 fully saturated rings. The van der Waals surface area contributed by atoms with Gasteiger partial charge in [0.05, 0.1) is 6.10 Å². The van der Waals surface area contributed by atoms with Crippen molar-refractivity contribution in [3.05, 3.63) is 5.56 Å². The maximum absolute atomic E-state index is 11.7. The molecule has 1 heterocycles. The molecule has 2 unspecified atom stereocenters. The lowest BCUT2D eigenvalue weighted by atomic mass is 9.87.